The molecule has 0 radical (unpaired) electrons. The van der Waals surface area contributed by atoms with Gasteiger partial charge in [-0.25, -0.2) is 13.2 Å². The number of ether oxygens (including phenoxy) is 1. The van der Waals surface area contributed by atoms with Gasteiger partial charge in [0.15, 0.2) is 5.82 Å². The summed E-state index contributed by atoms with van der Waals surface area (Å²) in [6.45, 7) is 1.49. The first-order chi connectivity index (χ1) is 7.47. The highest BCUT2D eigenvalue weighted by Crippen LogP contribution is 2.24. The zero-order chi connectivity index (χ0) is 12.3. The Balaban J connectivity index is 3.16. The zero-order valence-electron chi connectivity index (χ0n) is 8.76. The first-order valence-corrected chi connectivity index (χ1v) is 4.46. The number of pyridine rings is 1. The number of carbonyl (C=O) groups excluding carboxylic acids is 1. The van der Waals surface area contributed by atoms with Gasteiger partial charge >= 0.3 is 5.97 Å². The Morgan fingerprint density at radius 2 is 2.19 bits per heavy atom. The van der Waals surface area contributed by atoms with Crippen molar-refractivity contribution in [2.24, 2.45) is 0 Å². The van der Waals surface area contributed by atoms with Gasteiger partial charge in [0, 0.05) is 11.8 Å². The van der Waals surface area contributed by atoms with E-state index in [1.54, 1.807) is 0 Å². The molecule has 0 spiro atoms. The maximum atomic E-state index is 13.5. The molecule has 0 amide bonds. The second-order valence-corrected chi connectivity index (χ2v) is 3.17. The van der Waals surface area contributed by atoms with Crippen LogP contribution in [0.5, 0.6) is 0 Å². The molecule has 1 rings (SSSR count). The van der Waals surface area contributed by atoms with Crippen molar-refractivity contribution < 1.29 is 22.7 Å². The molecule has 88 valence electrons. The molecule has 0 N–H and O–H groups in total. The van der Waals surface area contributed by atoms with E-state index in [2.05, 4.69) is 9.72 Å². The van der Waals surface area contributed by atoms with Crippen LogP contribution in [0.2, 0.25) is 0 Å². The quantitative estimate of drug-likeness (QED) is 0.751. The average molecular weight is 233 g/mol. The molecule has 1 aromatic heterocycles. The second-order valence-electron chi connectivity index (χ2n) is 3.17. The fourth-order valence-electron chi connectivity index (χ4n) is 1.21. The van der Waals surface area contributed by atoms with Gasteiger partial charge in [-0.3, -0.25) is 9.78 Å². The number of carbonyl (C=O) groups is 1. The lowest BCUT2D eigenvalue weighted by atomic mass is 10.1. The van der Waals surface area contributed by atoms with E-state index in [0.29, 0.717) is 5.56 Å². The van der Waals surface area contributed by atoms with Crippen molar-refractivity contribution in [3.63, 3.8) is 0 Å². The van der Waals surface area contributed by atoms with Crippen LogP contribution < -0.4 is 0 Å². The molecule has 0 aliphatic rings. The Morgan fingerprint density at radius 1 is 1.56 bits per heavy atom. The van der Waals surface area contributed by atoms with E-state index in [0.717, 1.165) is 13.3 Å². The van der Waals surface area contributed by atoms with E-state index < -0.39 is 23.9 Å². The molecule has 0 atom stereocenters. The number of hydrogen-bond donors (Lipinski definition) is 0. The summed E-state index contributed by atoms with van der Waals surface area (Å²) in [5.41, 5.74) is -0.700. The van der Waals surface area contributed by atoms with Crippen molar-refractivity contribution in [1.29, 1.82) is 0 Å². The number of methoxy groups -OCH3 is 1. The van der Waals surface area contributed by atoms with E-state index in [1.807, 2.05) is 0 Å². The number of nitrogens with zero attached hydrogens (tertiary/aromatic N) is 1. The fourth-order valence-corrected chi connectivity index (χ4v) is 1.21. The second kappa shape index (κ2) is 4.96. The molecule has 16 heavy (non-hydrogen) atoms. The van der Waals surface area contributed by atoms with Crippen molar-refractivity contribution >= 4 is 5.97 Å². The zero-order valence-corrected chi connectivity index (χ0v) is 8.76. The van der Waals surface area contributed by atoms with Gasteiger partial charge in [0.05, 0.1) is 13.5 Å². The molecule has 0 aliphatic heterocycles. The first kappa shape index (κ1) is 12.5. The molecule has 0 aromatic carbocycles. The summed E-state index contributed by atoms with van der Waals surface area (Å²) in [6.07, 6.45) is -2.27. The molecule has 3 nitrogen and oxygen atoms in total. The number of alkyl halides is 2. The minimum atomic E-state index is -3.00. The molecule has 0 fully saturated rings. The molecular formula is C10H10F3NO2. The van der Waals surface area contributed by atoms with Crippen LogP contribution in [-0.4, -0.2) is 18.1 Å². The minimum absolute atomic E-state index is 0.0999. The van der Waals surface area contributed by atoms with Gasteiger partial charge in [0.25, 0.3) is 6.43 Å². The summed E-state index contributed by atoms with van der Waals surface area (Å²) in [7, 11) is 1.14. The molecule has 0 unspecified atom stereocenters. The minimum Gasteiger partial charge on any atom is -0.469 e. The predicted molar refractivity (Wildman–Crippen MR) is 49.6 cm³/mol. The van der Waals surface area contributed by atoms with Crippen LogP contribution in [0.3, 0.4) is 0 Å². The van der Waals surface area contributed by atoms with Crippen molar-refractivity contribution in [3.05, 3.63) is 28.8 Å². The molecular weight excluding hydrogens is 223 g/mol. The maximum Gasteiger partial charge on any atom is 0.310 e. The summed E-state index contributed by atoms with van der Waals surface area (Å²) < 4.78 is 42.6. The summed E-state index contributed by atoms with van der Waals surface area (Å²) in [6, 6.07) is 0. The summed E-state index contributed by atoms with van der Waals surface area (Å²) >= 11 is 0. The topological polar surface area (TPSA) is 39.2 Å². The SMILES string of the molecule is COC(=O)Cc1c(C)cnc(C(F)F)c1F. The van der Waals surface area contributed by atoms with Crippen molar-refractivity contribution in [1.82, 2.24) is 4.98 Å². The Labute approximate surface area is 90.2 Å². The number of aromatic nitrogens is 1. The first-order valence-electron chi connectivity index (χ1n) is 4.46. The van der Waals surface area contributed by atoms with Crippen LogP contribution in [-0.2, 0) is 16.0 Å². The van der Waals surface area contributed by atoms with Crippen molar-refractivity contribution in [3.8, 4) is 0 Å². The molecule has 0 saturated carbocycles. The van der Waals surface area contributed by atoms with Crippen LogP contribution in [0.1, 0.15) is 23.2 Å². The molecule has 6 heteroatoms. The molecule has 1 heterocycles. The Morgan fingerprint density at radius 3 is 2.69 bits per heavy atom. The third-order valence-electron chi connectivity index (χ3n) is 2.12. The van der Waals surface area contributed by atoms with Gasteiger partial charge in [0.1, 0.15) is 5.69 Å². The highest BCUT2D eigenvalue weighted by molar-refractivity contribution is 5.73. The number of halogens is 3. The van der Waals surface area contributed by atoms with Crippen LogP contribution in [0, 0.1) is 12.7 Å². The van der Waals surface area contributed by atoms with Crippen LogP contribution in [0.25, 0.3) is 0 Å². The largest absolute Gasteiger partial charge is 0.469 e. The summed E-state index contributed by atoms with van der Waals surface area (Å²) in [4.78, 5) is 14.3. The molecule has 0 bridgehead atoms. The monoisotopic (exact) mass is 233 g/mol. The van der Waals surface area contributed by atoms with E-state index in [-0.39, 0.29) is 12.0 Å². The van der Waals surface area contributed by atoms with Gasteiger partial charge < -0.3 is 4.74 Å². The third-order valence-corrected chi connectivity index (χ3v) is 2.12. The Kier molecular flexibility index (Phi) is 3.87. The molecule has 0 saturated heterocycles. The third kappa shape index (κ3) is 2.50. The van der Waals surface area contributed by atoms with Gasteiger partial charge in [-0.2, -0.15) is 0 Å². The van der Waals surface area contributed by atoms with E-state index in [9.17, 15) is 18.0 Å². The van der Waals surface area contributed by atoms with Gasteiger partial charge in [-0.05, 0) is 12.5 Å². The number of hydrogen-bond acceptors (Lipinski definition) is 3. The maximum absolute atomic E-state index is 13.5. The van der Waals surface area contributed by atoms with Crippen LogP contribution in [0.15, 0.2) is 6.20 Å². The molecule has 0 aliphatic carbocycles. The highest BCUT2D eigenvalue weighted by atomic mass is 19.3. The van der Waals surface area contributed by atoms with E-state index in [1.165, 1.54) is 6.92 Å². The van der Waals surface area contributed by atoms with Crippen molar-refractivity contribution in [2.75, 3.05) is 7.11 Å². The van der Waals surface area contributed by atoms with Gasteiger partial charge in [0.2, 0.25) is 0 Å². The number of esters is 1. The average Bonchev–Trinajstić information content (AvgIpc) is 2.23. The van der Waals surface area contributed by atoms with E-state index >= 15 is 0 Å². The number of aryl methyl sites for hydroxylation is 1. The van der Waals surface area contributed by atoms with Gasteiger partial charge in [-0.15, -0.1) is 0 Å². The lowest BCUT2D eigenvalue weighted by molar-refractivity contribution is -0.139. The van der Waals surface area contributed by atoms with Crippen molar-refractivity contribution in [2.45, 2.75) is 19.8 Å². The van der Waals surface area contributed by atoms with Crippen LogP contribution >= 0.6 is 0 Å². The summed E-state index contributed by atoms with van der Waals surface area (Å²) in [5, 5.41) is 0. The van der Waals surface area contributed by atoms with Crippen LogP contribution in [0.4, 0.5) is 13.2 Å². The Bertz CT molecular complexity index is 407. The number of rotatable bonds is 3. The standard InChI is InChI=1S/C10H10F3NO2/c1-5-4-14-9(10(12)13)8(11)6(5)3-7(15)16-2/h4,10H,3H2,1-2H3. The van der Waals surface area contributed by atoms with E-state index in [4.69, 9.17) is 0 Å². The lowest BCUT2D eigenvalue weighted by Crippen LogP contribution is -2.10. The smallest absolute Gasteiger partial charge is 0.310 e. The van der Waals surface area contributed by atoms with Gasteiger partial charge in [-0.1, -0.05) is 0 Å². The Hall–Kier alpha value is -1.59. The highest BCUT2D eigenvalue weighted by Gasteiger charge is 2.21. The lowest BCUT2D eigenvalue weighted by Gasteiger charge is -2.09. The predicted octanol–water partition coefficient (Wildman–Crippen LogP) is 2.18. The molecule has 1 aromatic rings. The summed E-state index contributed by atoms with van der Waals surface area (Å²) in [5.74, 6) is -1.83. The fraction of sp³-hybridized carbons (Fsp3) is 0.400. The normalized spacial score (nSPS) is 10.6.